The molecule has 152 valence electrons. The van der Waals surface area contributed by atoms with Gasteiger partial charge in [-0.25, -0.2) is 9.78 Å². The van der Waals surface area contributed by atoms with E-state index in [1.54, 1.807) is 6.92 Å². The monoisotopic (exact) mass is 395 g/mol. The number of aryl methyl sites for hydroxylation is 1. The number of rotatable bonds is 9. The van der Waals surface area contributed by atoms with E-state index in [-0.39, 0.29) is 0 Å². The van der Waals surface area contributed by atoms with Gasteiger partial charge in [0.25, 0.3) is 0 Å². The molecule has 1 fully saturated rings. The predicted octanol–water partition coefficient (Wildman–Crippen LogP) is 4.62. The van der Waals surface area contributed by atoms with Crippen LogP contribution in [-0.2, 0) is 22.6 Å². The smallest absolute Gasteiger partial charge is 0.333 e. The largest absolute Gasteiger partial charge is 0.487 e. The molecule has 6 heteroatoms. The van der Waals surface area contributed by atoms with E-state index in [0.717, 1.165) is 52.3 Å². The molecule has 2 aromatic carbocycles. The Morgan fingerprint density at radius 3 is 2.69 bits per heavy atom. The van der Waals surface area contributed by atoms with Gasteiger partial charge in [-0.15, -0.1) is 0 Å². The highest BCUT2D eigenvalue weighted by molar-refractivity contribution is 5.91. The van der Waals surface area contributed by atoms with Crippen LogP contribution in [0.5, 0.6) is 5.75 Å². The van der Waals surface area contributed by atoms with Crippen molar-refractivity contribution in [2.24, 2.45) is 0 Å². The highest BCUT2D eigenvalue weighted by atomic mass is 16.5. The Labute approximate surface area is 169 Å². The molecule has 29 heavy (non-hydrogen) atoms. The normalized spacial score (nSPS) is 14.8. The minimum absolute atomic E-state index is 0.303. The zero-order valence-corrected chi connectivity index (χ0v) is 16.7. The van der Waals surface area contributed by atoms with Crippen molar-refractivity contribution in [3.05, 3.63) is 59.3 Å². The maximum Gasteiger partial charge on any atom is 0.333 e. The van der Waals surface area contributed by atoms with E-state index < -0.39 is 12.1 Å². The van der Waals surface area contributed by atoms with E-state index in [9.17, 15) is 9.90 Å². The fourth-order valence-corrected chi connectivity index (χ4v) is 3.49. The molecule has 0 amide bonds. The Morgan fingerprint density at radius 1 is 1.24 bits per heavy atom. The minimum atomic E-state index is -0.954. The Bertz CT molecular complexity index is 1020. The summed E-state index contributed by atoms with van der Waals surface area (Å²) >= 11 is 0. The third kappa shape index (κ3) is 4.27. The molecule has 0 saturated heterocycles. The topological polar surface area (TPSA) is 81.8 Å². The molecular weight excluding hydrogens is 370 g/mol. The summed E-state index contributed by atoms with van der Waals surface area (Å²) in [4.78, 5) is 16.1. The lowest BCUT2D eigenvalue weighted by molar-refractivity contribution is -0.149. The third-order valence-corrected chi connectivity index (χ3v) is 5.22. The van der Waals surface area contributed by atoms with Gasteiger partial charge in [0.2, 0.25) is 0 Å². The zero-order chi connectivity index (χ0) is 20.4. The van der Waals surface area contributed by atoms with Crippen molar-refractivity contribution >= 4 is 16.7 Å². The molecule has 1 saturated carbocycles. The van der Waals surface area contributed by atoms with Crippen molar-refractivity contribution in [1.82, 2.24) is 4.98 Å². The van der Waals surface area contributed by atoms with Crippen molar-refractivity contribution in [3.8, 4) is 5.75 Å². The van der Waals surface area contributed by atoms with Gasteiger partial charge < -0.3 is 19.0 Å². The minimum Gasteiger partial charge on any atom is -0.487 e. The highest BCUT2D eigenvalue weighted by Crippen LogP contribution is 2.40. The third-order valence-electron chi connectivity index (χ3n) is 5.22. The number of carboxylic acid groups (broad SMARTS) is 1. The number of oxazole rings is 1. The SMILES string of the molecule is CCOC(Cc1ccc(OCc2nc(C3CC3)oc2C)c2ccccc12)C(=O)O. The van der Waals surface area contributed by atoms with Crippen LogP contribution in [-0.4, -0.2) is 28.8 Å². The number of benzene rings is 2. The summed E-state index contributed by atoms with van der Waals surface area (Å²) in [5, 5.41) is 11.3. The molecule has 1 aliphatic carbocycles. The first-order valence-corrected chi connectivity index (χ1v) is 10.0. The molecule has 1 aromatic heterocycles. The standard InChI is InChI=1S/C23H25NO5/c1-3-27-21(23(25)26)12-16-10-11-20(18-7-5-4-6-17(16)18)28-13-19-14(2)29-22(24-19)15-8-9-15/h4-7,10-11,15,21H,3,8-9,12-13H2,1-2H3,(H,25,26). The van der Waals surface area contributed by atoms with Gasteiger partial charge in [-0.05, 0) is 43.7 Å². The van der Waals surface area contributed by atoms with E-state index in [1.807, 2.05) is 43.3 Å². The van der Waals surface area contributed by atoms with Crippen LogP contribution < -0.4 is 4.74 Å². The number of ether oxygens (including phenoxy) is 2. The van der Waals surface area contributed by atoms with Gasteiger partial charge in [-0.3, -0.25) is 0 Å². The summed E-state index contributed by atoms with van der Waals surface area (Å²) in [6.45, 7) is 4.40. The van der Waals surface area contributed by atoms with E-state index in [0.29, 0.717) is 25.6 Å². The molecule has 1 heterocycles. The van der Waals surface area contributed by atoms with Crippen molar-refractivity contribution < 1.29 is 23.8 Å². The Kier molecular flexibility index (Phi) is 5.53. The molecule has 0 spiro atoms. The van der Waals surface area contributed by atoms with Crippen molar-refractivity contribution in [2.45, 2.75) is 51.7 Å². The van der Waals surface area contributed by atoms with Gasteiger partial charge in [0.1, 0.15) is 23.8 Å². The van der Waals surface area contributed by atoms with Crippen LogP contribution in [0.25, 0.3) is 10.8 Å². The van der Waals surface area contributed by atoms with Crippen LogP contribution in [0, 0.1) is 6.92 Å². The summed E-state index contributed by atoms with van der Waals surface area (Å²) in [6.07, 6.45) is 1.72. The Balaban J connectivity index is 1.57. The fraction of sp³-hybridized carbons (Fsp3) is 0.391. The maximum absolute atomic E-state index is 11.5. The summed E-state index contributed by atoms with van der Waals surface area (Å²) in [5.41, 5.74) is 1.74. The number of hydrogen-bond acceptors (Lipinski definition) is 5. The zero-order valence-electron chi connectivity index (χ0n) is 16.7. The number of aromatic nitrogens is 1. The van der Waals surface area contributed by atoms with E-state index >= 15 is 0 Å². The molecule has 3 aromatic rings. The molecule has 6 nitrogen and oxygen atoms in total. The summed E-state index contributed by atoms with van der Waals surface area (Å²) in [5.74, 6) is 1.87. The highest BCUT2D eigenvalue weighted by Gasteiger charge is 2.29. The summed E-state index contributed by atoms with van der Waals surface area (Å²) in [7, 11) is 0. The molecule has 4 rings (SSSR count). The van der Waals surface area contributed by atoms with Gasteiger partial charge in [0, 0.05) is 24.3 Å². The van der Waals surface area contributed by atoms with Gasteiger partial charge >= 0.3 is 5.97 Å². The number of aliphatic carboxylic acids is 1. The lowest BCUT2D eigenvalue weighted by Crippen LogP contribution is -2.26. The lowest BCUT2D eigenvalue weighted by atomic mass is 9.99. The van der Waals surface area contributed by atoms with Gasteiger partial charge in [0.15, 0.2) is 12.0 Å². The van der Waals surface area contributed by atoms with Crippen LogP contribution in [0.15, 0.2) is 40.8 Å². The van der Waals surface area contributed by atoms with Crippen LogP contribution in [0.4, 0.5) is 0 Å². The average Bonchev–Trinajstić information content (AvgIpc) is 3.50. The van der Waals surface area contributed by atoms with E-state index in [4.69, 9.17) is 13.9 Å². The number of hydrogen-bond donors (Lipinski definition) is 1. The number of fused-ring (bicyclic) bond motifs is 1. The fourth-order valence-electron chi connectivity index (χ4n) is 3.49. The van der Waals surface area contributed by atoms with Crippen LogP contribution >= 0.6 is 0 Å². The molecule has 0 aliphatic heterocycles. The first-order chi connectivity index (χ1) is 14.1. The Morgan fingerprint density at radius 2 is 2.00 bits per heavy atom. The molecule has 1 aliphatic rings. The number of carbonyl (C=O) groups is 1. The maximum atomic E-state index is 11.5. The van der Waals surface area contributed by atoms with Gasteiger partial charge in [0.05, 0.1) is 0 Å². The molecular formula is C23H25NO5. The van der Waals surface area contributed by atoms with Crippen molar-refractivity contribution in [3.63, 3.8) is 0 Å². The second-order valence-electron chi connectivity index (χ2n) is 7.37. The lowest BCUT2D eigenvalue weighted by Gasteiger charge is -2.16. The van der Waals surface area contributed by atoms with E-state index in [2.05, 4.69) is 4.98 Å². The molecule has 0 bridgehead atoms. The second-order valence-corrected chi connectivity index (χ2v) is 7.37. The molecule has 1 atom stereocenters. The van der Waals surface area contributed by atoms with Crippen LogP contribution in [0.3, 0.4) is 0 Å². The average molecular weight is 395 g/mol. The van der Waals surface area contributed by atoms with Crippen LogP contribution in [0.1, 0.15) is 48.6 Å². The summed E-state index contributed by atoms with van der Waals surface area (Å²) in [6, 6.07) is 11.7. The summed E-state index contributed by atoms with van der Waals surface area (Å²) < 4.78 is 17.2. The van der Waals surface area contributed by atoms with Gasteiger partial charge in [-0.2, -0.15) is 0 Å². The quantitative estimate of drug-likeness (QED) is 0.569. The Hall–Kier alpha value is -2.86. The number of carboxylic acids is 1. The van der Waals surface area contributed by atoms with Crippen LogP contribution in [0.2, 0.25) is 0 Å². The second kappa shape index (κ2) is 8.25. The number of nitrogens with zero attached hydrogens (tertiary/aromatic N) is 1. The van der Waals surface area contributed by atoms with Crippen molar-refractivity contribution in [2.75, 3.05) is 6.61 Å². The first kappa shape index (κ1) is 19.5. The molecule has 0 radical (unpaired) electrons. The van der Waals surface area contributed by atoms with Gasteiger partial charge in [-0.1, -0.05) is 30.3 Å². The van der Waals surface area contributed by atoms with E-state index in [1.165, 1.54) is 0 Å². The predicted molar refractivity (Wildman–Crippen MR) is 108 cm³/mol. The molecule has 1 N–H and O–H groups in total. The van der Waals surface area contributed by atoms with Crippen molar-refractivity contribution in [1.29, 1.82) is 0 Å². The first-order valence-electron chi connectivity index (χ1n) is 10.0. The molecule has 1 unspecified atom stereocenters.